The number of hydrogen-bond donors (Lipinski definition) is 1. The van der Waals surface area contributed by atoms with Crippen LogP contribution in [0.1, 0.15) is 96.8 Å². The van der Waals surface area contributed by atoms with E-state index in [-0.39, 0.29) is 13.0 Å². The third-order valence-electron chi connectivity index (χ3n) is 4.66. The van der Waals surface area contributed by atoms with Crippen molar-refractivity contribution in [2.24, 2.45) is 5.92 Å². The highest BCUT2D eigenvalue weighted by Crippen LogP contribution is 2.17. The molecule has 0 fully saturated rings. The first-order valence-corrected chi connectivity index (χ1v) is 10.8. The predicted octanol–water partition coefficient (Wildman–Crippen LogP) is 6.45. The van der Waals surface area contributed by atoms with Gasteiger partial charge in [0, 0.05) is 0 Å². The fourth-order valence-electron chi connectivity index (χ4n) is 3.06. The summed E-state index contributed by atoms with van der Waals surface area (Å²) in [4.78, 5) is 22.8. The van der Waals surface area contributed by atoms with E-state index in [4.69, 9.17) is 9.84 Å². The molecule has 0 bridgehead atoms. The average molecular weight is 381 g/mol. The molecule has 156 valence electrons. The molecule has 0 amide bonds. The van der Waals surface area contributed by atoms with Crippen molar-refractivity contribution in [3.63, 3.8) is 0 Å². The SMILES string of the molecule is C=CCOC(=O)C(CCCCCCCCC/C=C/CCCCC)CC(=O)O. The minimum absolute atomic E-state index is 0.142. The summed E-state index contributed by atoms with van der Waals surface area (Å²) < 4.78 is 5.00. The van der Waals surface area contributed by atoms with Crippen molar-refractivity contribution in [3.8, 4) is 0 Å². The molecule has 0 rings (SSSR count). The third-order valence-corrected chi connectivity index (χ3v) is 4.66. The van der Waals surface area contributed by atoms with Crippen LogP contribution in [0.25, 0.3) is 0 Å². The number of carboxylic acids is 1. The molecule has 4 nitrogen and oxygen atoms in total. The number of hydrogen-bond acceptors (Lipinski definition) is 3. The summed E-state index contributed by atoms with van der Waals surface area (Å²) >= 11 is 0. The number of carboxylic acid groups (broad SMARTS) is 1. The highest BCUT2D eigenvalue weighted by atomic mass is 16.5. The minimum atomic E-state index is -0.949. The number of ether oxygens (including phenoxy) is 1. The summed E-state index contributed by atoms with van der Waals surface area (Å²) in [6, 6.07) is 0. The van der Waals surface area contributed by atoms with E-state index in [1.807, 2.05) is 0 Å². The molecule has 1 atom stereocenters. The minimum Gasteiger partial charge on any atom is -0.481 e. The number of carbonyl (C=O) groups excluding carboxylic acids is 1. The Labute approximate surface area is 166 Å². The zero-order valence-corrected chi connectivity index (χ0v) is 17.3. The molecule has 1 unspecified atom stereocenters. The van der Waals surface area contributed by atoms with Crippen LogP contribution in [-0.2, 0) is 14.3 Å². The van der Waals surface area contributed by atoms with Crippen molar-refractivity contribution in [2.45, 2.75) is 96.8 Å². The van der Waals surface area contributed by atoms with Crippen LogP contribution >= 0.6 is 0 Å². The van der Waals surface area contributed by atoms with Gasteiger partial charge >= 0.3 is 11.9 Å². The van der Waals surface area contributed by atoms with Crippen LogP contribution in [-0.4, -0.2) is 23.7 Å². The molecule has 0 aliphatic heterocycles. The molecule has 0 spiro atoms. The number of unbranched alkanes of at least 4 members (excludes halogenated alkanes) is 10. The van der Waals surface area contributed by atoms with Gasteiger partial charge in [-0.2, -0.15) is 0 Å². The Morgan fingerprint density at radius 3 is 2.04 bits per heavy atom. The van der Waals surface area contributed by atoms with E-state index < -0.39 is 17.9 Å². The summed E-state index contributed by atoms with van der Waals surface area (Å²) in [5, 5.41) is 8.94. The Balaban J connectivity index is 3.62. The van der Waals surface area contributed by atoms with Gasteiger partial charge in [0.15, 0.2) is 0 Å². The zero-order chi connectivity index (χ0) is 20.2. The molecular weight excluding hydrogens is 340 g/mol. The van der Waals surface area contributed by atoms with E-state index in [2.05, 4.69) is 25.7 Å². The van der Waals surface area contributed by atoms with Gasteiger partial charge in [0.1, 0.15) is 6.61 Å². The molecule has 0 aromatic heterocycles. The second-order valence-electron chi connectivity index (χ2n) is 7.23. The molecule has 0 aliphatic rings. The highest BCUT2D eigenvalue weighted by Gasteiger charge is 2.22. The maximum absolute atomic E-state index is 11.9. The Kier molecular flexibility index (Phi) is 18.1. The summed E-state index contributed by atoms with van der Waals surface area (Å²) in [5.41, 5.74) is 0. The van der Waals surface area contributed by atoms with Crippen LogP contribution in [0.3, 0.4) is 0 Å². The standard InChI is InChI=1S/C23H40O4/c1-3-5-6-7-8-9-10-11-12-13-14-15-16-17-18-21(20-22(24)25)23(26)27-19-4-2/h4,8-9,21H,2-3,5-7,10-20H2,1H3,(H,24,25)/b9-8+. The fourth-order valence-corrected chi connectivity index (χ4v) is 3.06. The third kappa shape index (κ3) is 17.6. The molecule has 27 heavy (non-hydrogen) atoms. The smallest absolute Gasteiger partial charge is 0.309 e. The van der Waals surface area contributed by atoms with Gasteiger partial charge in [-0.1, -0.05) is 83.1 Å². The topological polar surface area (TPSA) is 63.6 Å². The lowest BCUT2D eigenvalue weighted by molar-refractivity contribution is -0.152. The van der Waals surface area contributed by atoms with Crippen molar-refractivity contribution in [3.05, 3.63) is 24.8 Å². The highest BCUT2D eigenvalue weighted by molar-refractivity contribution is 5.79. The molecule has 0 saturated heterocycles. The van der Waals surface area contributed by atoms with Crippen LogP contribution < -0.4 is 0 Å². The molecule has 1 N–H and O–H groups in total. The van der Waals surface area contributed by atoms with E-state index in [9.17, 15) is 9.59 Å². The lowest BCUT2D eigenvalue weighted by Gasteiger charge is -2.13. The van der Waals surface area contributed by atoms with Crippen molar-refractivity contribution in [1.29, 1.82) is 0 Å². The average Bonchev–Trinajstić information content (AvgIpc) is 2.65. The maximum atomic E-state index is 11.9. The number of esters is 1. The van der Waals surface area contributed by atoms with Crippen molar-refractivity contribution < 1.29 is 19.4 Å². The van der Waals surface area contributed by atoms with E-state index in [0.717, 1.165) is 19.3 Å². The van der Waals surface area contributed by atoms with Gasteiger partial charge in [-0.25, -0.2) is 0 Å². The lowest BCUT2D eigenvalue weighted by Crippen LogP contribution is -2.21. The monoisotopic (exact) mass is 380 g/mol. The van der Waals surface area contributed by atoms with Gasteiger partial charge in [0.05, 0.1) is 12.3 Å². The normalized spacial score (nSPS) is 12.2. The maximum Gasteiger partial charge on any atom is 0.309 e. The molecule has 0 aliphatic carbocycles. The first-order valence-electron chi connectivity index (χ1n) is 10.8. The molecule has 0 aromatic rings. The largest absolute Gasteiger partial charge is 0.481 e. The van der Waals surface area contributed by atoms with Gasteiger partial charge in [0.25, 0.3) is 0 Å². The lowest BCUT2D eigenvalue weighted by atomic mass is 9.97. The zero-order valence-electron chi connectivity index (χ0n) is 17.3. The molecular formula is C23H40O4. The molecule has 0 heterocycles. The van der Waals surface area contributed by atoms with Crippen LogP contribution in [0, 0.1) is 5.92 Å². The molecule has 0 aromatic carbocycles. The van der Waals surface area contributed by atoms with Crippen molar-refractivity contribution in [2.75, 3.05) is 6.61 Å². The first-order chi connectivity index (χ1) is 13.1. The van der Waals surface area contributed by atoms with Gasteiger partial charge in [-0.15, -0.1) is 0 Å². The van der Waals surface area contributed by atoms with E-state index in [1.165, 1.54) is 63.9 Å². The number of carbonyl (C=O) groups is 2. The molecule has 0 saturated carbocycles. The molecule has 4 heteroatoms. The van der Waals surface area contributed by atoms with Gasteiger partial charge in [-0.3, -0.25) is 9.59 Å². The number of aliphatic carboxylic acids is 1. The van der Waals surface area contributed by atoms with Gasteiger partial charge in [-0.05, 0) is 32.1 Å². The van der Waals surface area contributed by atoms with Crippen LogP contribution in [0.2, 0.25) is 0 Å². The predicted molar refractivity (Wildman–Crippen MR) is 112 cm³/mol. The number of rotatable bonds is 19. The van der Waals surface area contributed by atoms with E-state index in [0.29, 0.717) is 6.42 Å². The Morgan fingerprint density at radius 1 is 0.926 bits per heavy atom. The van der Waals surface area contributed by atoms with Crippen LogP contribution in [0.15, 0.2) is 24.8 Å². The summed E-state index contributed by atoms with van der Waals surface area (Å²) in [6.07, 6.45) is 21.0. The quantitative estimate of drug-likeness (QED) is 0.159. The Bertz CT molecular complexity index is 415. The fraction of sp³-hybridized carbons (Fsp3) is 0.739. The van der Waals surface area contributed by atoms with E-state index in [1.54, 1.807) is 0 Å². The second-order valence-corrected chi connectivity index (χ2v) is 7.23. The van der Waals surface area contributed by atoms with Crippen LogP contribution in [0.5, 0.6) is 0 Å². The summed E-state index contributed by atoms with van der Waals surface area (Å²) in [7, 11) is 0. The van der Waals surface area contributed by atoms with Gasteiger partial charge in [0.2, 0.25) is 0 Å². The van der Waals surface area contributed by atoms with Crippen molar-refractivity contribution in [1.82, 2.24) is 0 Å². The second kappa shape index (κ2) is 19.2. The Hall–Kier alpha value is -1.58. The Morgan fingerprint density at radius 2 is 1.48 bits per heavy atom. The van der Waals surface area contributed by atoms with E-state index >= 15 is 0 Å². The first kappa shape index (κ1) is 25.4. The number of allylic oxidation sites excluding steroid dienone is 2. The van der Waals surface area contributed by atoms with Crippen molar-refractivity contribution >= 4 is 11.9 Å². The van der Waals surface area contributed by atoms with Gasteiger partial charge < -0.3 is 9.84 Å². The van der Waals surface area contributed by atoms with Crippen LogP contribution in [0.4, 0.5) is 0 Å². The molecule has 0 radical (unpaired) electrons. The summed E-state index contributed by atoms with van der Waals surface area (Å²) in [6.45, 7) is 5.87. The summed E-state index contributed by atoms with van der Waals surface area (Å²) in [5.74, 6) is -1.90.